The second-order valence-electron chi connectivity index (χ2n) is 7.63. The van der Waals surface area contributed by atoms with Gasteiger partial charge in [-0.3, -0.25) is 9.89 Å². The summed E-state index contributed by atoms with van der Waals surface area (Å²) in [5.74, 6) is 0.814. The molecule has 1 aliphatic heterocycles. The number of aryl methyl sites for hydroxylation is 1. The lowest BCUT2D eigenvalue weighted by Crippen LogP contribution is -2.49. The summed E-state index contributed by atoms with van der Waals surface area (Å²) in [4.78, 5) is 10.0. The zero-order valence-electron chi connectivity index (χ0n) is 17.9. The Morgan fingerprint density at radius 3 is 2.67 bits per heavy atom. The van der Waals surface area contributed by atoms with E-state index in [1.807, 2.05) is 11.8 Å². The van der Waals surface area contributed by atoms with Crippen molar-refractivity contribution in [3.63, 3.8) is 0 Å². The van der Waals surface area contributed by atoms with Gasteiger partial charge in [-0.05, 0) is 43.7 Å². The Morgan fingerprint density at radius 1 is 1.23 bits per heavy atom. The average Bonchev–Trinajstić information content (AvgIpc) is 3.12. The second kappa shape index (κ2) is 12.4. The molecule has 2 heterocycles. The average molecular weight is 533 g/mol. The molecule has 168 valence electrons. The Labute approximate surface area is 195 Å². The number of likely N-dealkylation sites (tertiary alicyclic amines) is 1. The third kappa shape index (κ3) is 6.80. The standard InChI is InChI=1S/C22H33F2N5.HI/c1-3-16-6-5-7-19-17(14-27-21(16)19)8-11-26-22(25-4-2)28-18-9-12-29(13-10-18)15-20(23)24;/h5-7,14,18,20,27H,3-4,8-13,15H2,1-2H3,(H2,25,26,28);1H. The van der Waals surface area contributed by atoms with E-state index in [4.69, 9.17) is 4.99 Å². The van der Waals surface area contributed by atoms with Crippen molar-refractivity contribution in [2.45, 2.75) is 52.0 Å². The Hall–Kier alpha value is -1.42. The summed E-state index contributed by atoms with van der Waals surface area (Å²) in [6, 6.07) is 6.73. The molecular formula is C22H34F2IN5. The Bertz CT molecular complexity index is 800. The number of halogens is 3. The normalized spacial score (nSPS) is 16.1. The molecule has 0 radical (unpaired) electrons. The van der Waals surface area contributed by atoms with Crippen LogP contribution in [0.2, 0.25) is 0 Å². The highest BCUT2D eigenvalue weighted by molar-refractivity contribution is 14.0. The molecule has 5 nitrogen and oxygen atoms in total. The van der Waals surface area contributed by atoms with E-state index in [9.17, 15) is 8.78 Å². The number of H-pyrrole nitrogens is 1. The van der Waals surface area contributed by atoms with Crippen LogP contribution in [-0.2, 0) is 12.8 Å². The highest BCUT2D eigenvalue weighted by Gasteiger charge is 2.21. The highest BCUT2D eigenvalue weighted by atomic mass is 127. The van der Waals surface area contributed by atoms with Gasteiger partial charge in [-0.1, -0.05) is 25.1 Å². The number of rotatable bonds is 8. The SMILES string of the molecule is CCNC(=NCCc1c[nH]c2c(CC)cccc12)NC1CCN(CC(F)F)CC1.I. The van der Waals surface area contributed by atoms with Crippen molar-refractivity contribution in [2.75, 3.05) is 32.7 Å². The number of aromatic nitrogens is 1. The Morgan fingerprint density at radius 2 is 2.00 bits per heavy atom. The fourth-order valence-corrected chi connectivity index (χ4v) is 4.03. The van der Waals surface area contributed by atoms with Crippen LogP contribution in [0, 0.1) is 0 Å². The van der Waals surface area contributed by atoms with Crippen LogP contribution in [0.4, 0.5) is 8.78 Å². The number of guanidine groups is 1. The fraction of sp³-hybridized carbons (Fsp3) is 0.591. The van der Waals surface area contributed by atoms with Gasteiger partial charge in [-0.2, -0.15) is 0 Å². The molecule has 0 unspecified atom stereocenters. The number of benzene rings is 1. The van der Waals surface area contributed by atoms with Crippen molar-refractivity contribution in [3.05, 3.63) is 35.5 Å². The van der Waals surface area contributed by atoms with E-state index in [2.05, 4.69) is 46.9 Å². The molecule has 30 heavy (non-hydrogen) atoms. The maximum atomic E-state index is 12.5. The van der Waals surface area contributed by atoms with E-state index in [1.54, 1.807) is 0 Å². The van der Waals surface area contributed by atoms with Crippen molar-refractivity contribution in [3.8, 4) is 0 Å². The fourth-order valence-electron chi connectivity index (χ4n) is 4.03. The maximum Gasteiger partial charge on any atom is 0.251 e. The molecule has 0 spiro atoms. The van der Waals surface area contributed by atoms with Crippen molar-refractivity contribution in [1.82, 2.24) is 20.5 Å². The summed E-state index contributed by atoms with van der Waals surface area (Å²) in [5.41, 5.74) is 3.86. The van der Waals surface area contributed by atoms with E-state index in [-0.39, 0.29) is 36.6 Å². The summed E-state index contributed by atoms with van der Waals surface area (Å²) < 4.78 is 25.1. The van der Waals surface area contributed by atoms with Crippen LogP contribution >= 0.6 is 24.0 Å². The number of nitrogens with zero attached hydrogens (tertiary/aromatic N) is 2. The van der Waals surface area contributed by atoms with E-state index >= 15 is 0 Å². The number of nitrogens with one attached hydrogen (secondary N) is 3. The lowest BCUT2D eigenvalue weighted by atomic mass is 10.1. The first-order valence-electron chi connectivity index (χ1n) is 10.7. The molecule has 3 N–H and O–H groups in total. The van der Waals surface area contributed by atoms with Gasteiger partial charge in [0.25, 0.3) is 6.43 Å². The first-order chi connectivity index (χ1) is 14.1. The number of hydrogen-bond donors (Lipinski definition) is 3. The molecule has 1 aliphatic rings. The molecule has 1 fully saturated rings. The van der Waals surface area contributed by atoms with Crippen molar-refractivity contribution < 1.29 is 8.78 Å². The number of aliphatic imine (C=N–C) groups is 1. The maximum absolute atomic E-state index is 12.5. The minimum Gasteiger partial charge on any atom is -0.361 e. The van der Waals surface area contributed by atoms with Gasteiger partial charge >= 0.3 is 0 Å². The number of piperidine rings is 1. The van der Waals surface area contributed by atoms with Crippen LogP contribution in [-0.4, -0.2) is 61.0 Å². The molecule has 0 aliphatic carbocycles. The van der Waals surface area contributed by atoms with Gasteiger partial charge in [0.05, 0.1) is 6.54 Å². The lowest BCUT2D eigenvalue weighted by molar-refractivity contribution is 0.0744. The second-order valence-corrected chi connectivity index (χ2v) is 7.63. The Kier molecular flexibility index (Phi) is 10.3. The van der Waals surface area contributed by atoms with Gasteiger partial charge in [0.1, 0.15) is 0 Å². The van der Waals surface area contributed by atoms with Crippen molar-refractivity contribution in [2.24, 2.45) is 4.99 Å². The summed E-state index contributed by atoms with van der Waals surface area (Å²) in [6.45, 7) is 7.00. The molecule has 1 saturated heterocycles. The van der Waals surface area contributed by atoms with Gasteiger partial charge in [-0.25, -0.2) is 8.78 Å². The van der Waals surface area contributed by atoms with Gasteiger partial charge in [-0.15, -0.1) is 24.0 Å². The zero-order valence-corrected chi connectivity index (χ0v) is 20.2. The zero-order chi connectivity index (χ0) is 20.6. The van der Waals surface area contributed by atoms with Crippen LogP contribution in [0.3, 0.4) is 0 Å². The number of alkyl halides is 2. The number of fused-ring (bicyclic) bond motifs is 1. The van der Waals surface area contributed by atoms with Crippen LogP contribution in [0.5, 0.6) is 0 Å². The number of aromatic amines is 1. The minimum atomic E-state index is -2.25. The Balaban J connectivity index is 0.00000320. The van der Waals surface area contributed by atoms with Gasteiger partial charge in [0, 0.05) is 49.3 Å². The number of para-hydroxylation sites is 1. The van der Waals surface area contributed by atoms with Gasteiger partial charge in [0.2, 0.25) is 0 Å². The predicted octanol–water partition coefficient (Wildman–Crippen LogP) is 4.18. The van der Waals surface area contributed by atoms with Crippen molar-refractivity contribution >= 4 is 40.8 Å². The molecule has 3 rings (SSSR count). The highest BCUT2D eigenvalue weighted by Crippen LogP contribution is 2.22. The first kappa shape index (κ1) is 24.8. The summed E-state index contributed by atoms with van der Waals surface area (Å²) in [6.07, 6.45) is 3.45. The molecule has 0 amide bonds. The minimum absolute atomic E-state index is 0. The first-order valence-corrected chi connectivity index (χ1v) is 10.7. The lowest BCUT2D eigenvalue weighted by Gasteiger charge is -2.32. The van der Waals surface area contributed by atoms with Crippen LogP contribution in [0.15, 0.2) is 29.4 Å². The molecule has 2 aromatic rings. The molecule has 8 heteroatoms. The molecular weight excluding hydrogens is 499 g/mol. The smallest absolute Gasteiger partial charge is 0.251 e. The molecule has 0 bridgehead atoms. The quantitative estimate of drug-likeness (QED) is 0.271. The largest absolute Gasteiger partial charge is 0.361 e. The van der Waals surface area contributed by atoms with Crippen LogP contribution in [0.25, 0.3) is 10.9 Å². The van der Waals surface area contributed by atoms with E-state index in [1.165, 1.54) is 22.0 Å². The predicted molar refractivity (Wildman–Crippen MR) is 131 cm³/mol. The topological polar surface area (TPSA) is 55.5 Å². The molecule has 1 aromatic carbocycles. The monoisotopic (exact) mass is 533 g/mol. The van der Waals surface area contributed by atoms with Gasteiger partial charge < -0.3 is 15.6 Å². The van der Waals surface area contributed by atoms with Crippen molar-refractivity contribution in [1.29, 1.82) is 0 Å². The third-order valence-electron chi connectivity index (χ3n) is 5.59. The molecule has 0 atom stereocenters. The summed E-state index contributed by atoms with van der Waals surface area (Å²) in [5, 5.41) is 8.07. The summed E-state index contributed by atoms with van der Waals surface area (Å²) >= 11 is 0. The number of hydrogen-bond acceptors (Lipinski definition) is 2. The third-order valence-corrected chi connectivity index (χ3v) is 5.59. The van der Waals surface area contributed by atoms with Crippen LogP contribution in [0.1, 0.15) is 37.8 Å². The summed E-state index contributed by atoms with van der Waals surface area (Å²) in [7, 11) is 0. The van der Waals surface area contributed by atoms with Gasteiger partial charge in [0.15, 0.2) is 5.96 Å². The van der Waals surface area contributed by atoms with E-state index < -0.39 is 6.43 Å². The van der Waals surface area contributed by atoms with E-state index in [0.717, 1.165) is 38.2 Å². The molecule has 0 saturated carbocycles. The van der Waals surface area contributed by atoms with E-state index in [0.29, 0.717) is 19.6 Å². The van der Waals surface area contributed by atoms with Crippen LogP contribution < -0.4 is 10.6 Å². The molecule has 1 aromatic heterocycles.